The minimum absolute atomic E-state index is 0.178. The topological polar surface area (TPSA) is 44.0 Å². The summed E-state index contributed by atoms with van der Waals surface area (Å²) >= 11 is 0. The van der Waals surface area contributed by atoms with Crippen LogP contribution in [0.25, 0.3) is 0 Å². The molecule has 1 aromatic heterocycles. The van der Waals surface area contributed by atoms with E-state index in [0.29, 0.717) is 4.73 Å². The first-order chi connectivity index (χ1) is 8.25. The molecule has 0 saturated carbocycles. The number of hydrogen-bond acceptors (Lipinski definition) is 2. The van der Waals surface area contributed by atoms with Crippen molar-refractivity contribution < 1.29 is 9.52 Å². The van der Waals surface area contributed by atoms with Crippen LogP contribution in [0.5, 0.6) is 0 Å². The molecule has 3 nitrogen and oxygen atoms in total. The Balaban J connectivity index is 2.39. The van der Waals surface area contributed by atoms with Crippen molar-refractivity contribution >= 4 is 5.78 Å². The van der Waals surface area contributed by atoms with Gasteiger partial charge in [-0.25, -0.2) is 0 Å². The minimum atomic E-state index is -0.226. The lowest BCUT2D eigenvalue weighted by Crippen LogP contribution is -2.33. The Morgan fingerprint density at radius 3 is 2.88 bits per heavy atom. The first-order valence-electron chi connectivity index (χ1n) is 6.14. The molecule has 0 aliphatic rings. The monoisotopic (exact) mass is 233 g/mol. The van der Waals surface area contributed by atoms with Crippen LogP contribution in [0.2, 0.25) is 0 Å². The van der Waals surface area contributed by atoms with Crippen LogP contribution in [0, 0.1) is 5.21 Å². The summed E-state index contributed by atoms with van der Waals surface area (Å²) in [4.78, 5) is 11.6. The van der Waals surface area contributed by atoms with E-state index in [1.807, 2.05) is 6.08 Å². The molecule has 92 valence electrons. The van der Waals surface area contributed by atoms with Crippen LogP contribution in [0.15, 0.2) is 36.5 Å². The minimum Gasteiger partial charge on any atom is -0.618 e. The lowest BCUT2D eigenvalue weighted by atomic mass is 10.1. The highest BCUT2D eigenvalue weighted by Gasteiger charge is 2.10. The third kappa shape index (κ3) is 4.81. The van der Waals surface area contributed by atoms with Crippen molar-refractivity contribution in [3.05, 3.63) is 47.4 Å². The van der Waals surface area contributed by atoms with E-state index in [1.165, 1.54) is 37.6 Å². The van der Waals surface area contributed by atoms with E-state index in [-0.39, 0.29) is 11.5 Å². The number of nitrogens with zero attached hydrogens (tertiary/aromatic N) is 1. The fourth-order valence-corrected chi connectivity index (χ4v) is 1.58. The van der Waals surface area contributed by atoms with Gasteiger partial charge in [-0.3, -0.25) is 4.79 Å². The summed E-state index contributed by atoms with van der Waals surface area (Å²) < 4.78 is 0.601. The molecule has 0 radical (unpaired) electrons. The summed E-state index contributed by atoms with van der Waals surface area (Å²) in [5, 5.41) is 11.3. The zero-order valence-corrected chi connectivity index (χ0v) is 10.3. The van der Waals surface area contributed by atoms with Gasteiger partial charge in [0.25, 0.3) is 11.5 Å². The van der Waals surface area contributed by atoms with Crippen molar-refractivity contribution in [1.29, 1.82) is 0 Å². The zero-order chi connectivity index (χ0) is 12.5. The van der Waals surface area contributed by atoms with Crippen LogP contribution in [0.3, 0.4) is 0 Å². The highest BCUT2D eigenvalue weighted by atomic mass is 16.5. The Bertz CT molecular complexity index is 386. The Morgan fingerprint density at radius 2 is 2.18 bits per heavy atom. The second-order valence-electron chi connectivity index (χ2n) is 4.03. The predicted octanol–water partition coefficient (Wildman–Crippen LogP) is 3.03. The van der Waals surface area contributed by atoms with Crippen LogP contribution in [0.4, 0.5) is 0 Å². The molecule has 17 heavy (non-hydrogen) atoms. The van der Waals surface area contributed by atoms with Gasteiger partial charge in [-0.1, -0.05) is 32.3 Å². The number of pyridine rings is 1. The molecule has 0 atom stereocenters. The number of aromatic nitrogens is 1. The third-order valence-corrected chi connectivity index (χ3v) is 2.57. The van der Waals surface area contributed by atoms with Gasteiger partial charge in [0.2, 0.25) is 0 Å². The molecule has 1 heterocycles. The molecule has 1 aromatic rings. The second-order valence-corrected chi connectivity index (χ2v) is 4.03. The Labute approximate surface area is 102 Å². The summed E-state index contributed by atoms with van der Waals surface area (Å²) in [6.07, 6.45) is 10.3. The van der Waals surface area contributed by atoms with Crippen LogP contribution in [0.1, 0.15) is 49.5 Å². The van der Waals surface area contributed by atoms with Crippen molar-refractivity contribution in [2.75, 3.05) is 0 Å². The van der Waals surface area contributed by atoms with Crippen LogP contribution < -0.4 is 4.73 Å². The predicted molar refractivity (Wildman–Crippen MR) is 67.6 cm³/mol. The van der Waals surface area contributed by atoms with Crippen molar-refractivity contribution in [2.24, 2.45) is 0 Å². The van der Waals surface area contributed by atoms with Gasteiger partial charge >= 0.3 is 0 Å². The van der Waals surface area contributed by atoms with E-state index in [0.717, 1.165) is 12.8 Å². The Kier molecular flexibility index (Phi) is 6.00. The summed E-state index contributed by atoms with van der Waals surface area (Å²) in [5.74, 6) is -0.226. The van der Waals surface area contributed by atoms with Crippen molar-refractivity contribution in [1.82, 2.24) is 0 Å². The van der Waals surface area contributed by atoms with Gasteiger partial charge in [-0.2, -0.15) is 4.73 Å². The fraction of sp³-hybridized carbons (Fsp3) is 0.429. The first-order valence-corrected chi connectivity index (χ1v) is 6.14. The maximum atomic E-state index is 11.6. The molecule has 0 amide bonds. The molecular formula is C14H19NO2. The lowest BCUT2D eigenvalue weighted by Gasteiger charge is -1.99. The molecule has 0 aliphatic heterocycles. The van der Waals surface area contributed by atoms with Gasteiger partial charge in [-0.15, -0.1) is 0 Å². The van der Waals surface area contributed by atoms with Gasteiger partial charge in [0.1, 0.15) is 0 Å². The molecule has 1 rings (SSSR count). The maximum absolute atomic E-state index is 11.6. The molecule has 0 saturated heterocycles. The first kappa shape index (κ1) is 13.4. The quantitative estimate of drug-likeness (QED) is 0.239. The highest BCUT2D eigenvalue weighted by Crippen LogP contribution is 2.03. The highest BCUT2D eigenvalue weighted by molar-refractivity contribution is 6.01. The molecule has 0 spiro atoms. The average molecular weight is 233 g/mol. The summed E-state index contributed by atoms with van der Waals surface area (Å²) in [6, 6.07) is 4.84. The molecule has 0 aromatic carbocycles. The molecule has 0 fully saturated rings. The van der Waals surface area contributed by atoms with E-state index >= 15 is 0 Å². The Hall–Kier alpha value is -1.64. The van der Waals surface area contributed by atoms with Crippen molar-refractivity contribution in [2.45, 2.75) is 39.0 Å². The van der Waals surface area contributed by atoms with Gasteiger partial charge < -0.3 is 5.21 Å². The van der Waals surface area contributed by atoms with Crippen LogP contribution >= 0.6 is 0 Å². The number of allylic oxidation sites excluding steroid dienone is 2. The maximum Gasteiger partial charge on any atom is 0.264 e. The molecular weight excluding hydrogens is 214 g/mol. The summed E-state index contributed by atoms with van der Waals surface area (Å²) in [7, 11) is 0. The number of carbonyl (C=O) groups excluding carboxylic acids is 1. The summed E-state index contributed by atoms with van der Waals surface area (Å²) in [5.41, 5.74) is 0.178. The van der Waals surface area contributed by atoms with E-state index in [2.05, 4.69) is 6.92 Å². The van der Waals surface area contributed by atoms with Crippen molar-refractivity contribution in [3.63, 3.8) is 0 Å². The number of hydrogen-bond donors (Lipinski definition) is 0. The number of unbranched alkanes of at least 4 members (excludes halogenated alkanes) is 4. The Morgan fingerprint density at radius 1 is 1.35 bits per heavy atom. The molecule has 0 aliphatic carbocycles. The average Bonchev–Trinajstić information content (AvgIpc) is 2.34. The molecule has 0 unspecified atom stereocenters. The fourth-order valence-electron chi connectivity index (χ4n) is 1.58. The van der Waals surface area contributed by atoms with E-state index < -0.39 is 0 Å². The smallest absolute Gasteiger partial charge is 0.264 e. The normalized spacial score (nSPS) is 10.9. The zero-order valence-electron chi connectivity index (χ0n) is 10.3. The van der Waals surface area contributed by atoms with Gasteiger partial charge in [0.05, 0.1) is 0 Å². The SMILES string of the molecule is CCCCCC/C=C/C(=O)c1cccc[n+]1[O-]. The van der Waals surface area contributed by atoms with E-state index in [4.69, 9.17) is 0 Å². The molecule has 0 N–H and O–H groups in total. The number of ketones is 1. The van der Waals surface area contributed by atoms with E-state index in [1.54, 1.807) is 12.1 Å². The summed E-state index contributed by atoms with van der Waals surface area (Å²) in [6.45, 7) is 2.17. The molecule has 3 heteroatoms. The number of carbonyl (C=O) groups is 1. The van der Waals surface area contributed by atoms with Gasteiger partial charge in [0, 0.05) is 12.1 Å². The third-order valence-electron chi connectivity index (χ3n) is 2.57. The molecule has 0 bridgehead atoms. The number of rotatable bonds is 7. The largest absolute Gasteiger partial charge is 0.618 e. The van der Waals surface area contributed by atoms with Crippen molar-refractivity contribution in [3.8, 4) is 0 Å². The van der Waals surface area contributed by atoms with Gasteiger partial charge in [0.15, 0.2) is 6.20 Å². The second kappa shape index (κ2) is 7.60. The van der Waals surface area contributed by atoms with Crippen LogP contribution in [-0.4, -0.2) is 5.78 Å². The van der Waals surface area contributed by atoms with Crippen LogP contribution in [-0.2, 0) is 0 Å². The van der Waals surface area contributed by atoms with E-state index in [9.17, 15) is 10.0 Å². The van der Waals surface area contributed by atoms with Gasteiger partial charge in [-0.05, 0) is 25.0 Å². The standard InChI is InChI=1S/C14H19NO2/c1-2-3-4-5-6-7-11-14(16)13-10-8-9-12-15(13)17/h7-12H,2-6H2,1H3/b11-7+. The lowest BCUT2D eigenvalue weighted by molar-refractivity contribution is -0.607.